The summed E-state index contributed by atoms with van der Waals surface area (Å²) in [5.74, 6) is -0.580. The lowest BCUT2D eigenvalue weighted by Crippen LogP contribution is -2.26. The van der Waals surface area contributed by atoms with Crippen molar-refractivity contribution in [3.05, 3.63) is 0 Å². The van der Waals surface area contributed by atoms with E-state index in [0.717, 1.165) is 0 Å². The van der Waals surface area contributed by atoms with Gasteiger partial charge in [-0.1, -0.05) is 0 Å². The fourth-order valence-corrected chi connectivity index (χ4v) is 0.973. The van der Waals surface area contributed by atoms with E-state index < -0.39 is 11.8 Å². The van der Waals surface area contributed by atoms with E-state index in [1.165, 1.54) is 6.21 Å². The molecule has 0 aromatic heterocycles. The minimum atomic E-state index is -0.700. The van der Waals surface area contributed by atoms with Gasteiger partial charge < -0.3 is 15.2 Å². The zero-order valence-corrected chi connectivity index (χ0v) is 7.61. The lowest BCUT2D eigenvalue weighted by atomic mass is 10.4. The van der Waals surface area contributed by atoms with E-state index in [9.17, 15) is 4.79 Å². The highest BCUT2D eigenvalue weighted by molar-refractivity contribution is 5.73. The lowest BCUT2D eigenvalue weighted by molar-refractivity contribution is -0.130. The number of carbonyl (C=O) groups is 1. The average Bonchev–Trinajstić information content (AvgIpc) is 2.29. The predicted molar refractivity (Wildman–Crippen MR) is 46.1 cm³/mol. The molecule has 1 aliphatic heterocycles. The third kappa shape index (κ3) is 3.39. The predicted octanol–water partition coefficient (Wildman–Crippen LogP) is -0.208. The Morgan fingerprint density at radius 1 is 1.77 bits per heavy atom. The van der Waals surface area contributed by atoms with E-state index in [1.807, 2.05) is 13.8 Å². The number of nitrogens with two attached hydrogens (primary N) is 1. The molecule has 0 spiro atoms. The quantitative estimate of drug-likeness (QED) is 0.463. The van der Waals surface area contributed by atoms with Crippen LogP contribution in [0.25, 0.3) is 0 Å². The van der Waals surface area contributed by atoms with Gasteiger partial charge in [-0.15, -0.1) is 0 Å². The largest absolute Gasteiger partial charge is 0.350 e. The molecule has 6 nitrogen and oxygen atoms in total. The molecule has 1 atom stereocenters. The van der Waals surface area contributed by atoms with Crippen LogP contribution in [-0.4, -0.2) is 30.7 Å². The highest BCUT2D eigenvalue weighted by Crippen LogP contribution is 2.20. The number of hydrazone groups is 1. The van der Waals surface area contributed by atoms with Crippen molar-refractivity contribution in [1.82, 2.24) is 5.43 Å². The van der Waals surface area contributed by atoms with Gasteiger partial charge in [0.25, 0.3) is 0 Å². The van der Waals surface area contributed by atoms with Crippen LogP contribution in [0.3, 0.4) is 0 Å². The van der Waals surface area contributed by atoms with E-state index in [-0.39, 0.29) is 6.10 Å². The van der Waals surface area contributed by atoms with E-state index in [2.05, 4.69) is 10.5 Å². The van der Waals surface area contributed by atoms with Gasteiger partial charge in [-0.3, -0.25) is 0 Å². The standard InChI is InChI=1S/C7H13N3O3/c1-7(2)12-4-5(13-7)3-9-10-6(8)11/h3,5H,4H2,1-2H3,(H3,8,10,11). The summed E-state index contributed by atoms with van der Waals surface area (Å²) in [4.78, 5) is 10.2. The Labute approximate surface area is 76.1 Å². The molecule has 2 amide bonds. The minimum Gasteiger partial charge on any atom is -0.350 e. The number of carbonyl (C=O) groups excluding carboxylic acids is 1. The first-order valence-electron chi connectivity index (χ1n) is 3.90. The second-order valence-electron chi connectivity index (χ2n) is 3.12. The van der Waals surface area contributed by atoms with Crippen LogP contribution >= 0.6 is 0 Å². The molecule has 0 saturated carbocycles. The molecule has 1 fully saturated rings. The molecule has 0 aromatic carbocycles. The third-order valence-corrected chi connectivity index (χ3v) is 1.45. The summed E-state index contributed by atoms with van der Waals surface area (Å²) < 4.78 is 10.6. The number of urea groups is 1. The van der Waals surface area contributed by atoms with Gasteiger partial charge in [-0.05, 0) is 13.8 Å². The molecule has 0 radical (unpaired) electrons. The molecular weight excluding hydrogens is 174 g/mol. The normalized spacial score (nSPS) is 26.5. The van der Waals surface area contributed by atoms with Crippen molar-refractivity contribution in [2.45, 2.75) is 25.7 Å². The van der Waals surface area contributed by atoms with Gasteiger partial charge >= 0.3 is 6.03 Å². The van der Waals surface area contributed by atoms with Crippen LogP contribution in [0.1, 0.15) is 13.8 Å². The van der Waals surface area contributed by atoms with Crippen LogP contribution < -0.4 is 11.2 Å². The van der Waals surface area contributed by atoms with Crippen molar-refractivity contribution in [3.63, 3.8) is 0 Å². The molecule has 6 heteroatoms. The minimum absolute atomic E-state index is 0.234. The monoisotopic (exact) mass is 187 g/mol. The molecule has 0 aliphatic carbocycles. The Kier molecular flexibility index (Phi) is 2.84. The van der Waals surface area contributed by atoms with E-state index in [0.29, 0.717) is 6.61 Å². The van der Waals surface area contributed by atoms with Crippen molar-refractivity contribution < 1.29 is 14.3 Å². The first kappa shape index (κ1) is 9.94. The maximum absolute atomic E-state index is 10.2. The molecule has 1 saturated heterocycles. The van der Waals surface area contributed by atoms with Crippen molar-refractivity contribution in [1.29, 1.82) is 0 Å². The number of rotatable bonds is 2. The molecule has 1 heterocycles. The second-order valence-corrected chi connectivity index (χ2v) is 3.12. The molecule has 0 aromatic rings. The molecule has 13 heavy (non-hydrogen) atoms. The zero-order chi connectivity index (χ0) is 9.90. The van der Waals surface area contributed by atoms with Gasteiger partial charge in [0.2, 0.25) is 0 Å². The van der Waals surface area contributed by atoms with Crippen LogP contribution in [0.4, 0.5) is 4.79 Å². The summed E-state index contributed by atoms with van der Waals surface area (Å²) in [7, 11) is 0. The lowest BCUT2D eigenvalue weighted by Gasteiger charge is -2.15. The van der Waals surface area contributed by atoms with E-state index in [4.69, 9.17) is 15.2 Å². The van der Waals surface area contributed by atoms with E-state index in [1.54, 1.807) is 0 Å². The summed E-state index contributed by atoms with van der Waals surface area (Å²) >= 11 is 0. The smallest absolute Gasteiger partial charge is 0.332 e. The van der Waals surface area contributed by atoms with E-state index >= 15 is 0 Å². The van der Waals surface area contributed by atoms with Crippen LogP contribution in [0.2, 0.25) is 0 Å². The van der Waals surface area contributed by atoms with Gasteiger partial charge in [0.1, 0.15) is 6.10 Å². The number of amides is 2. The average molecular weight is 187 g/mol. The SMILES string of the molecule is CC1(C)OCC(C=NNC(N)=O)O1. The highest BCUT2D eigenvalue weighted by Gasteiger charge is 2.31. The summed E-state index contributed by atoms with van der Waals surface area (Å²) in [5, 5.41) is 3.56. The Hall–Kier alpha value is -1.14. The number of hydrogen-bond donors (Lipinski definition) is 2. The summed E-state index contributed by atoms with van der Waals surface area (Å²) in [5.41, 5.74) is 6.87. The number of hydrogen-bond acceptors (Lipinski definition) is 4. The van der Waals surface area contributed by atoms with Crippen molar-refractivity contribution in [2.24, 2.45) is 10.8 Å². The van der Waals surface area contributed by atoms with Gasteiger partial charge in [-0.25, -0.2) is 10.2 Å². The maximum Gasteiger partial charge on any atom is 0.332 e. The Morgan fingerprint density at radius 2 is 2.46 bits per heavy atom. The zero-order valence-electron chi connectivity index (χ0n) is 7.61. The van der Waals surface area contributed by atoms with Gasteiger partial charge in [0.05, 0.1) is 12.8 Å². The molecule has 3 N–H and O–H groups in total. The van der Waals surface area contributed by atoms with Gasteiger partial charge in [0, 0.05) is 0 Å². The number of nitrogens with zero attached hydrogens (tertiary/aromatic N) is 1. The molecule has 74 valence electrons. The molecule has 1 aliphatic rings. The summed E-state index contributed by atoms with van der Waals surface area (Å²) in [6, 6.07) is -0.700. The summed E-state index contributed by atoms with van der Waals surface area (Å²) in [6.07, 6.45) is 1.21. The van der Waals surface area contributed by atoms with Gasteiger partial charge in [-0.2, -0.15) is 5.10 Å². The van der Waals surface area contributed by atoms with Crippen molar-refractivity contribution in [2.75, 3.05) is 6.61 Å². The molecule has 1 rings (SSSR count). The third-order valence-electron chi connectivity index (χ3n) is 1.45. The fourth-order valence-electron chi connectivity index (χ4n) is 0.973. The number of primary amides is 1. The fraction of sp³-hybridized carbons (Fsp3) is 0.714. The van der Waals surface area contributed by atoms with Crippen LogP contribution in [0.5, 0.6) is 0 Å². The van der Waals surface area contributed by atoms with Crippen LogP contribution in [0, 0.1) is 0 Å². The Balaban J connectivity index is 2.32. The first-order valence-corrected chi connectivity index (χ1v) is 3.90. The number of nitrogens with one attached hydrogen (secondary N) is 1. The Bertz CT molecular complexity index is 227. The summed E-state index contributed by atoms with van der Waals surface area (Å²) in [6.45, 7) is 4.04. The maximum atomic E-state index is 10.2. The van der Waals surface area contributed by atoms with Crippen molar-refractivity contribution in [3.8, 4) is 0 Å². The number of ether oxygens (including phenoxy) is 2. The first-order chi connectivity index (χ1) is 5.99. The second kappa shape index (κ2) is 3.71. The van der Waals surface area contributed by atoms with Crippen molar-refractivity contribution >= 4 is 12.2 Å². The molecule has 0 bridgehead atoms. The van der Waals surface area contributed by atoms with Gasteiger partial charge in [0.15, 0.2) is 5.79 Å². The topological polar surface area (TPSA) is 85.9 Å². The molecule has 1 unspecified atom stereocenters. The van der Waals surface area contributed by atoms with Crippen LogP contribution in [0.15, 0.2) is 5.10 Å². The van der Waals surface area contributed by atoms with Crippen LogP contribution in [-0.2, 0) is 9.47 Å². The molecular formula is C7H13N3O3. The Morgan fingerprint density at radius 3 is 2.92 bits per heavy atom. The highest BCUT2D eigenvalue weighted by atomic mass is 16.7.